The number of nitrogens with zero attached hydrogens (tertiary/aromatic N) is 2. The molecule has 172 valence electrons. The number of aromatic nitrogens is 2. The van der Waals surface area contributed by atoms with Gasteiger partial charge in [0.15, 0.2) is 0 Å². The minimum Gasteiger partial charge on any atom is -0.493 e. The van der Waals surface area contributed by atoms with Crippen molar-refractivity contribution in [1.29, 1.82) is 0 Å². The minimum absolute atomic E-state index is 0.453. The molecule has 0 radical (unpaired) electrons. The Balaban J connectivity index is 1.37. The first-order valence-corrected chi connectivity index (χ1v) is 11.9. The van der Waals surface area contributed by atoms with Crippen LogP contribution in [0.2, 0.25) is 0 Å². The van der Waals surface area contributed by atoms with Crippen LogP contribution in [-0.4, -0.2) is 16.2 Å². The van der Waals surface area contributed by atoms with Crippen LogP contribution in [0.15, 0.2) is 66.7 Å². The number of rotatable bonds is 10. The zero-order valence-electron chi connectivity index (χ0n) is 20.2. The standard InChI is InChI=1S/C29H34N2O2/c1-21(2)24-12-14-25(15-13-24)33-20-29-30-26-9-5-6-10-27(26)31(29)17-7-8-18-32-28-16-11-22(3)19-23(28)4/h5-6,9-16,19,21H,7-8,17-18,20H2,1-4H3. The van der Waals surface area contributed by atoms with Crippen molar-refractivity contribution in [2.75, 3.05) is 6.61 Å². The molecule has 0 amide bonds. The molecule has 0 bridgehead atoms. The van der Waals surface area contributed by atoms with Gasteiger partial charge < -0.3 is 14.0 Å². The second-order valence-electron chi connectivity index (χ2n) is 9.01. The van der Waals surface area contributed by atoms with Crippen LogP contribution >= 0.6 is 0 Å². The van der Waals surface area contributed by atoms with Gasteiger partial charge >= 0.3 is 0 Å². The van der Waals surface area contributed by atoms with E-state index in [1.807, 2.05) is 18.2 Å². The van der Waals surface area contributed by atoms with Gasteiger partial charge in [0.1, 0.15) is 23.9 Å². The molecule has 0 spiro atoms. The van der Waals surface area contributed by atoms with E-state index in [9.17, 15) is 0 Å². The predicted octanol–water partition coefficient (Wildman–Crippen LogP) is 7.21. The Bertz CT molecular complexity index is 1190. The fraction of sp³-hybridized carbons (Fsp3) is 0.345. The summed E-state index contributed by atoms with van der Waals surface area (Å²) in [5, 5.41) is 0. The molecule has 0 aliphatic heterocycles. The summed E-state index contributed by atoms with van der Waals surface area (Å²) in [7, 11) is 0. The van der Waals surface area contributed by atoms with Crippen LogP contribution in [0.5, 0.6) is 11.5 Å². The third-order valence-electron chi connectivity index (χ3n) is 6.01. The maximum Gasteiger partial charge on any atom is 0.147 e. The highest BCUT2D eigenvalue weighted by atomic mass is 16.5. The summed E-state index contributed by atoms with van der Waals surface area (Å²) in [6.07, 6.45) is 2.00. The number of fused-ring (bicyclic) bond motifs is 1. The lowest BCUT2D eigenvalue weighted by molar-refractivity contribution is 0.284. The fourth-order valence-corrected chi connectivity index (χ4v) is 4.10. The van der Waals surface area contributed by atoms with Crippen LogP contribution in [-0.2, 0) is 13.2 Å². The maximum atomic E-state index is 6.10. The molecule has 4 nitrogen and oxygen atoms in total. The van der Waals surface area contributed by atoms with E-state index >= 15 is 0 Å². The van der Waals surface area contributed by atoms with E-state index in [-0.39, 0.29) is 0 Å². The Hall–Kier alpha value is -3.27. The van der Waals surface area contributed by atoms with Gasteiger partial charge in [0.25, 0.3) is 0 Å². The third kappa shape index (κ3) is 5.75. The first-order valence-electron chi connectivity index (χ1n) is 11.9. The molecule has 0 N–H and O–H groups in total. The van der Waals surface area contributed by atoms with Crippen molar-refractivity contribution in [3.63, 3.8) is 0 Å². The molecule has 3 aromatic carbocycles. The van der Waals surface area contributed by atoms with Gasteiger partial charge in [-0.3, -0.25) is 0 Å². The summed E-state index contributed by atoms with van der Waals surface area (Å²) in [5.74, 6) is 3.33. The van der Waals surface area contributed by atoms with Gasteiger partial charge in [-0.25, -0.2) is 4.98 Å². The van der Waals surface area contributed by atoms with Crippen LogP contribution in [0.3, 0.4) is 0 Å². The number of unbranched alkanes of at least 4 members (excludes halogenated alkanes) is 1. The Morgan fingerprint density at radius 1 is 0.879 bits per heavy atom. The van der Waals surface area contributed by atoms with Crippen LogP contribution in [0.25, 0.3) is 11.0 Å². The van der Waals surface area contributed by atoms with Crippen molar-refractivity contribution >= 4 is 11.0 Å². The molecule has 0 aliphatic carbocycles. The molecule has 0 atom stereocenters. The minimum atomic E-state index is 0.453. The van der Waals surface area contributed by atoms with E-state index in [0.29, 0.717) is 19.1 Å². The highest BCUT2D eigenvalue weighted by Gasteiger charge is 2.11. The summed E-state index contributed by atoms with van der Waals surface area (Å²) >= 11 is 0. The Labute approximate surface area is 197 Å². The lowest BCUT2D eigenvalue weighted by Crippen LogP contribution is -2.09. The molecule has 1 aromatic heterocycles. The second kappa shape index (κ2) is 10.6. The molecule has 0 unspecified atom stereocenters. The van der Waals surface area contributed by atoms with Crippen LogP contribution in [0.1, 0.15) is 55.1 Å². The Morgan fingerprint density at radius 2 is 1.67 bits per heavy atom. The molecule has 4 rings (SSSR count). The lowest BCUT2D eigenvalue weighted by atomic mass is 10.0. The predicted molar refractivity (Wildman–Crippen MR) is 135 cm³/mol. The maximum absolute atomic E-state index is 6.10. The number of benzene rings is 3. The molecule has 0 aliphatic rings. The molecule has 0 saturated carbocycles. The smallest absolute Gasteiger partial charge is 0.147 e. The molecule has 33 heavy (non-hydrogen) atoms. The van der Waals surface area contributed by atoms with Gasteiger partial charge in [0.2, 0.25) is 0 Å². The quantitative estimate of drug-likeness (QED) is 0.243. The van der Waals surface area contributed by atoms with Crippen molar-refractivity contribution in [2.24, 2.45) is 0 Å². The zero-order valence-corrected chi connectivity index (χ0v) is 20.2. The van der Waals surface area contributed by atoms with Crippen molar-refractivity contribution in [3.05, 3.63) is 89.2 Å². The number of ether oxygens (including phenoxy) is 2. The fourth-order valence-electron chi connectivity index (χ4n) is 4.10. The summed E-state index contributed by atoms with van der Waals surface area (Å²) in [6.45, 7) is 10.7. The summed E-state index contributed by atoms with van der Waals surface area (Å²) in [6, 6.07) is 23.0. The lowest BCUT2D eigenvalue weighted by Gasteiger charge is -2.12. The van der Waals surface area contributed by atoms with Crippen molar-refractivity contribution < 1.29 is 9.47 Å². The van der Waals surface area contributed by atoms with Gasteiger partial charge in [-0.1, -0.05) is 55.8 Å². The Kier molecular flexibility index (Phi) is 7.33. The molecular formula is C29H34N2O2. The van der Waals surface area contributed by atoms with E-state index in [1.165, 1.54) is 16.7 Å². The number of aryl methyl sites for hydroxylation is 3. The third-order valence-corrected chi connectivity index (χ3v) is 6.01. The summed E-state index contributed by atoms with van der Waals surface area (Å²) in [5.41, 5.74) is 5.94. The SMILES string of the molecule is Cc1ccc(OCCCCn2c(COc3ccc(C(C)C)cc3)nc3ccccc32)c(C)c1. The zero-order chi connectivity index (χ0) is 23.2. The number of para-hydroxylation sites is 2. The Morgan fingerprint density at radius 3 is 2.42 bits per heavy atom. The average molecular weight is 443 g/mol. The van der Waals surface area contributed by atoms with Gasteiger partial charge in [-0.15, -0.1) is 0 Å². The normalized spacial score (nSPS) is 11.3. The van der Waals surface area contributed by atoms with Crippen molar-refractivity contribution in [3.8, 4) is 11.5 Å². The number of hydrogen-bond donors (Lipinski definition) is 0. The molecule has 1 heterocycles. The molecule has 0 fully saturated rings. The molecule has 4 heteroatoms. The van der Waals surface area contributed by atoms with Gasteiger partial charge in [-0.2, -0.15) is 0 Å². The van der Waals surface area contributed by atoms with Gasteiger partial charge in [-0.05, 0) is 74.1 Å². The van der Waals surface area contributed by atoms with Crippen LogP contribution in [0, 0.1) is 13.8 Å². The van der Waals surface area contributed by atoms with Crippen LogP contribution in [0.4, 0.5) is 0 Å². The summed E-state index contributed by atoms with van der Waals surface area (Å²) < 4.78 is 14.4. The van der Waals surface area contributed by atoms with E-state index in [2.05, 4.69) is 80.8 Å². The van der Waals surface area contributed by atoms with Gasteiger partial charge in [0.05, 0.1) is 17.6 Å². The topological polar surface area (TPSA) is 36.3 Å². The van der Waals surface area contributed by atoms with Gasteiger partial charge in [0, 0.05) is 6.54 Å². The van der Waals surface area contributed by atoms with E-state index < -0.39 is 0 Å². The monoisotopic (exact) mass is 442 g/mol. The van der Waals surface area contributed by atoms with E-state index in [0.717, 1.165) is 47.7 Å². The van der Waals surface area contributed by atoms with Crippen molar-refractivity contribution in [2.45, 2.75) is 59.6 Å². The number of hydrogen-bond acceptors (Lipinski definition) is 3. The largest absolute Gasteiger partial charge is 0.493 e. The summed E-state index contributed by atoms with van der Waals surface area (Å²) in [4.78, 5) is 4.85. The van der Waals surface area contributed by atoms with Crippen LogP contribution < -0.4 is 9.47 Å². The highest BCUT2D eigenvalue weighted by molar-refractivity contribution is 5.75. The molecule has 0 saturated heterocycles. The molecular weight excluding hydrogens is 408 g/mol. The number of imidazole rings is 1. The first-order chi connectivity index (χ1) is 16.0. The van der Waals surface area contributed by atoms with E-state index in [4.69, 9.17) is 14.5 Å². The average Bonchev–Trinajstić information content (AvgIpc) is 3.16. The van der Waals surface area contributed by atoms with E-state index in [1.54, 1.807) is 0 Å². The first kappa shape index (κ1) is 22.9. The van der Waals surface area contributed by atoms with Crippen molar-refractivity contribution in [1.82, 2.24) is 9.55 Å². The molecule has 4 aromatic rings. The highest BCUT2D eigenvalue weighted by Crippen LogP contribution is 2.22. The second-order valence-corrected chi connectivity index (χ2v) is 9.01.